The van der Waals surface area contributed by atoms with E-state index in [1.807, 2.05) is 13.8 Å². The molecule has 1 spiro atoms. The molecule has 0 aromatic heterocycles. The number of epoxide rings is 1. The SMILES string of the molecule is CCC(C)C(=O)OC1CC(C)(O)C(C)(CCC2=CC(=O)OC2)C2CCCC3(CO3)C12C(=O)O. The smallest absolute Gasteiger partial charge is 0.331 e. The van der Waals surface area contributed by atoms with Crippen molar-refractivity contribution in [3.63, 3.8) is 0 Å². The summed E-state index contributed by atoms with van der Waals surface area (Å²) >= 11 is 0. The number of hydrogen-bond acceptors (Lipinski definition) is 7. The number of carboxylic acid groups (broad SMARTS) is 1. The van der Waals surface area contributed by atoms with Crippen LogP contribution < -0.4 is 0 Å². The molecule has 0 bridgehead atoms. The number of carboxylic acids is 1. The fraction of sp³-hybridized carbons (Fsp3) is 0.800. The Morgan fingerprint density at radius 1 is 1.33 bits per heavy atom. The summed E-state index contributed by atoms with van der Waals surface area (Å²) in [5.74, 6) is -2.65. The van der Waals surface area contributed by atoms with Crippen molar-refractivity contribution < 1.29 is 38.8 Å². The van der Waals surface area contributed by atoms with Crippen molar-refractivity contribution in [3.05, 3.63) is 11.6 Å². The summed E-state index contributed by atoms with van der Waals surface area (Å²) in [5.41, 5.74) is -3.55. The van der Waals surface area contributed by atoms with Gasteiger partial charge in [-0.25, -0.2) is 4.79 Å². The molecule has 0 aromatic rings. The molecule has 0 amide bonds. The Hall–Kier alpha value is -1.93. The zero-order valence-electron chi connectivity index (χ0n) is 20.0. The summed E-state index contributed by atoms with van der Waals surface area (Å²) in [6.45, 7) is 7.87. The Bertz CT molecular complexity index is 872. The maximum atomic E-state index is 13.2. The minimum Gasteiger partial charge on any atom is -0.481 e. The molecule has 0 radical (unpaired) electrons. The van der Waals surface area contributed by atoms with Crippen LogP contribution in [0.4, 0.5) is 0 Å². The Morgan fingerprint density at radius 3 is 2.58 bits per heavy atom. The van der Waals surface area contributed by atoms with Crippen LogP contribution in [0.2, 0.25) is 0 Å². The highest BCUT2D eigenvalue weighted by molar-refractivity contribution is 5.85. The molecule has 184 valence electrons. The first-order chi connectivity index (χ1) is 15.4. The third kappa shape index (κ3) is 3.52. The molecule has 4 rings (SSSR count). The maximum absolute atomic E-state index is 13.2. The predicted octanol–water partition coefficient (Wildman–Crippen LogP) is 3.01. The average molecular weight is 465 g/mol. The van der Waals surface area contributed by atoms with Gasteiger partial charge in [0.2, 0.25) is 0 Å². The Labute approximate surface area is 194 Å². The lowest BCUT2D eigenvalue weighted by atomic mass is 9.41. The summed E-state index contributed by atoms with van der Waals surface area (Å²) in [6, 6.07) is 0. The van der Waals surface area contributed by atoms with Crippen LogP contribution in [0.1, 0.15) is 72.6 Å². The normalized spacial score (nSPS) is 42.8. The largest absolute Gasteiger partial charge is 0.481 e. The van der Waals surface area contributed by atoms with E-state index in [4.69, 9.17) is 14.2 Å². The van der Waals surface area contributed by atoms with Gasteiger partial charge >= 0.3 is 17.9 Å². The molecule has 7 atom stereocenters. The molecule has 3 fully saturated rings. The van der Waals surface area contributed by atoms with Crippen LogP contribution in [0.5, 0.6) is 0 Å². The second-order valence-electron chi connectivity index (χ2n) is 10.9. The molecule has 33 heavy (non-hydrogen) atoms. The third-order valence-corrected chi connectivity index (χ3v) is 9.27. The van der Waals surface area contributed by atoms with Gasteiger partial charge in [0.15, 0.2) is 0 Å². The minimum atomic E-state index is -1.43. The van der Waals surface area contributed by atoms with Crippen molar-refractivity contribution in [2.24, 2.45) is 22.7 Å². The van der Waals surface area contributed by atoms with Gasteiger partial charge in [-0.1, -0.05) is 27.2 Å². The predicted molar refractivity (Wildman–Crippen MR) is 117 cm³/mol. The van der Waals surface area contributed by atoms with Crippen molar-refractivity contribution in [1.82, 2.24) is 0 Å². The minimum absolute atomic E-state index is 0.0219. The zero-order valence-corrected chi connectivity index (χ0v) is 20.0. The van der Waals surface area contributed by atoms with E-state index in [-0.39, 0.29) is 24.9 Å². The first kappa shape index (κ1) is 24.2. The number of carbonyl (C=O) groups excluding carboxylic acids is 2. The highest BCUT2D eigenvalue weighted by Gasteiger charge is 2.80. The molecule has 1 saturated heterocycles. The lowest BCUT2D eigenvalue weighted by molar-refractivity contribution is -0.258. The molecule has 2 aliphatic heterocycles. The van der Waals surface area contributed by atoms with Gasteiger partial charge in [-0.2, -0.15) is 0 Å². The van der Waals surface area contributed by atoms with Crippen LogP contribution in [0, 0.1) is 22.7 Å². The number of fused-ring (bicyclic) bond motifs is 2. The van der Waals surface area contributed by atoms with Gasteiger partial charge < -0.3 is 24.4 Å². The number of carbonyl (C=O) groups is 3. The fourth-order valence-corrected chi connectivity index (χ4v) is 6.74. The highest BCUT2D eigenvalue weighted by atomic mass is 16.6. The average Bonchev–Trinajstić information content (AvgIpc) is 3.40. The van der Waals surface area contributed by atoms with E-state index in [0.29, 0.717) is 38.7 Å². The summed E-state index contributed by atoms with van der Waals surface area (Å²) < 4.78 is 16.9. The molecule has 8 nitrogen and oxygen atoms in total. The van der Waals surface area contributed by atoms with E-state index < -0.39 is 46.0 Å². The van der Waals surface area contributed by atoms with Crippen molar-refractivity contribution in [2.45, 2.75) is 89.9 Å². The first-order valence-electron chi connectivity index (χ1n) is 12.1. The number of aliphatic carboxylic acids is 1. The van der Waals surface area contributed by atoms with E-state index >= 15 is 0 Å². The molecular weight excluding hydrogens is 428 g/mol. The van der Waals surface area contributed by atoms with Gasteiger partial charge in [-0.3, -0.25) is 9.59 Å². The van der Waals surface area contributed by atoms with E-state index in [2.05, 4.69) is 0 Å². The summed E-state index contributed by atoms with van der Waals surface area (Å²) in [6.07, 6.45) is 4.09. The van der Waals surface area contributed by atoms with Crippen molar-refractivity contribution in [3.8, 4) is 0 Å². The molecule has 2 heterocycles. The first-order valence-corrected chi connectivity index (χ1v) is 12.1. The van der Waals surface area contributed by atoms with Crippen LogP contribution in [-0.2, 0) is 28.6 Å². The van der Waals surface area contributed by atoms with Crippen LogP contribution >= 0.6 is 0 Å². The molecule has 7 unspecified atom stereocenters. The monoisotopic (exact) mass is 464 g/mol. The Balaban J connectivity index is 1.76. The number of esters is 2. The van der Waals surface area contributed by atoms with Crippen molar-refractivity contribution >= 4 is 17.9 Å². The van der Waals surface area contributed by atoms with Crippen LogP contribution in [-0.4, -0.2) is 58.6 Å². The van der Waals surface area contributed by atoms with E-state index in [9.17, 15) is 24.6 Å². The summed E-state index contributed by atoms with van der Waals surface area (Å²) in [4.78, 5) is 37.5. The van der Waals surface area contributed by atoms with Crippen LogP contribution in [0.15, 0.2) is 11.6 Å². The number of hydrogen-bond donors (Lipinski definition) is 2. The molecule has 2 aliphatic carbocycles. The molecular formula is C25H36O8. The molecule has 2 saturated carbocycles. The van der Waals surface area contributed by atoms with Crippen molar-refractivity contribution in [2.75, 3.05) is 13.2 Å². The second kappa shape index (κ2) is 8.08. The topological polar surface area (TPSA) is 123 Å². The second-order valence-corrected chi connectivity index (χ2v) is 10.9. The molecule has 0 aromatic carbocycles. The molecule has 2 N–H and O–H groups in total. The highest BCUT2D eigenvalue weighted by Crippen LogP contribution is 2.70. The van der Waals surface area contributed by atoms with Gasteiger partial charge in [0.25, 0.3) is 0 Å². The van der Waals surface area contributed by atoms with Crippen molar-refractivity contribution in [1.29, 1.82) is 0 Å². The third-order valence-electron chi connectivity index (χ3n) is 9.27. The van der Waals surface area contributed by atoms with E-state index in [1.54, 1.807) is 13.8 Å². The molecule has 8 heteroatoms. The van der Waals surface area contributed by atoms with E-state index in [1.165, 1.54) is 6.08 Å². The summed E-state index contributed by atoms with van der Waals surface area (Å²) in [5, 5.41) is 22.5. The van der Waals surface area contributed by atoms with Gasteiger partial charge in [-0.15, -0.1) is 0 Å². The maximum Gasteiger partial charge on any atom is 0.331 e. The number of rotatable bonds is 7. The van der Waals surface area contributed by atoms with Gasteiger partial charge in [0.05, 0.1) is 18.1 Å². The molecule has 4 aliphatic rings. The number of cyclic esters (lactones) is 1. The standard InChI is InChI=1S/C25H36O8/c1-5-15(2)20(27)33-18-12-23(4,30)22(3,10-8-16-11-19(26)31-13-16)17-7-6-9-24(14-32-24)25(17,18)21(28)29/h11,15,17-18,30H,5-10,12-14H2,1-4H3,(H,28,29). The van der Waals surface area contributed by atoms with Gasteiger partial charge in [-0.05, 0) is 50.5 Å². The number of aliphatic hydroxyl groups is 1. The zero-order chi connectivity index (χ0) is 24.2. The van der Waals surface area contributed by atoms with Gasteiger partial charge in [0, 0.05) is 17.9 Å². The van der Waals surface area contributed by atoms with Crippen LogP contribution in [0.25, 0.3) is 0 Å². The Kier molecular flexibility index (Phi) is 5.93. The van der Waals surface area contributed by atoms with E-state index in [0.717, 1.165) is 12.0 Å². The van der Waals surface area contributed by atoms with Gasteiger partial charge in [0.1, 0.15) is 23.7 Å². The Morgan fingerprint density at radius 2 is 2.03 bits per heavy atom. The number of ether oxygens (including phenoxy) is 3. The van der Waals surface area contributed by atoms with Crippen LogP contribution in [0.3, 0.4) is 0 Å². The lowest BCUT2D eigenvalue weighted by Crippen LogP contribution is -2.72. The fourth-order valence-electron chi connectivity index (χ4n) is 6.74. The lowest BCUT2D eigenvalue weighted by Gasteiger charge is -2.64. The quantitative estimate of drug-likeness (QED) is 0.435. The summed E-state index contributed by atoms with van der Waals surface area (Å²) in [7, 11) is 0.